The Morgan fingerprint density at radius 3 is 2.53 bits per heavy atom. The van der Waals surface area contributed by atoms with Gasteiger partial charge in [-0.25, -0.2) is 0 Å². The van der Waals surface area contributed by atoms with Gasteiger partial charge in [0.2, 0.25) is 5.75 Å². The number of aryl methyl sites for hydroxylation is 1. The normalized spacial score (nSPS) is 11.3. The summed E-state index contributed by atoms with van der Waals surface area (Å²) in [5, 5.41) is 11.6. The third kappa shape index (κ3) is 5.34. The molecule has 0 atom stereocenters. The second-order valence-corrected chi connectivity index (χ2v) is 7.06. The Labute approximate surface area is 174 Å². The van der Waals surface area contributed by atoms with Gasteiger partial charge in [0, 0.05) is 24.1 Å². The van der Waals surface area contributed by atoms with Crippen molar-refractivity contribution in [3.63, 3.8) is 0 Å². The maximum absolute atomic E-state index is 12.8. The Hall–Kier alpha value is -3.42. The molecular weight excluding hydrogens is 388 g/mol. The average Bonchev–Trinajstić information content (AvgIpc) is 2.69. The summed E-state index contributed by atoms with van der Waals surface area (Å²) in [6.45, 7) is 8.38. The highest BCUT2D eigenvalue weighted by Crippen LogP contribution is 2.34. The fourth-order valence-corrected chi connectivity index (χ4v) is 3.07. The van der Waals surface area contributed by atoms with E-state index < -0.39 is 10.5 Å². The second kappa shape index (κ2) is 10.4. The molecule has 0 saturated carbocycles. The van der Waals surface area contributed by atoms with Crippen LogP contribution in [0.2, 0.25) is 0 Å². The van der Waals surface area contributed by atoms with Gasteiger partial charge in [0.1, 0.15) is 6.61 Å². The lowest BCUT2D eigenvalue weighted by molar-refractivity contribution is -0.384. The number of fused-ring (bicyclic) bond motifs is 1. The van der Waals surface area contributed by atoms with Crippen molar-refractivity contribution in [3.05, 3.63) is 62.0 Å². The topological polar surface area (TPSA) is 101 Å². The summed E-state index contributed by atoms with van der Waals surface area (Å²) < 4.78 is 12.1. The van der Waals surface area contributed by atoms with Crippen LogP contribution < -0.4 is 15.0 Å². The van der Waals surface area contributed by atoms with Gasteiger partial charge < -0.3 is 14.0 Å². The number of hydrogen-bond acceptors (Lipinski definition) is 6. The van der Waals surface area contributed by atoms with Crippen molar-refractivity contribution in [1.29, 1.82) is 0 Å². The Kier molecular flexibility index (Phi) is 7.91. The van der Waals surface area contributed by atoms with Crippen molar-refractivity contribution in [1.82, 2.24) is 4.57 Å². The number of non-ortho nitro benzene ring substituents is 1. The molecule has 0 unspecified atom stereocenters. The molecule has 1 heterocycles. The predicted molar refractivity (Wildman–Crippen MR) is 115 cm³/mol. The van der Waals surface area contributed by atoms with Crippen LogP contribution in [0, 0.1) is 10.1 Å². The molecule has 8 nitrogen and oxygen atoms in total. The van der Waals surface area contributed by atoms with E-state index >= 15 is 0 Å². The zero-order valence-electron chi connectivity index (χ0n) is 17.6. The fraction of sp³-hybridized carbons (Fsp3) is 0.364. The van der Waals surface area contributed by atoms with E-state index in [1.54, 1.807) is 6.92 Å². The Morgan fingerprint density at radius 2 is 1.93 bits per heavy atom. The number of nitro groups is 1. The monoisotopic (exact) mass is 414 g/mol. The highest BCUT2D eigenvalue weighted by atomic mass is 16.6. The quantitative estimate of drug-likeness (QED) is 0.245. The summed E-state index contributed by atoms with van der Waals surface area (Å²) in [5.41, 5.74) is 1.99. The summed E-state index contributed by atoms with van der Waals surface area (Å²) in [5.74, 6) is -0.140. The van der Waals surface area contributed by atoms with Crippen molar-refractivity contribution in [3.8, 4) is 11.5 Å². The first-order valence-electron chi connectivity index (χ1n) is 9.67. The van der Waals surface area contributed by atoms with Crippen LogP contribution in [0.1, 0.15) is 40.5 Å². The predicted octanol–water partition coefficient (Wildman–Crippen LogP) is 4.54. The van der Waals surface area contributed by atoms with Crippen molar-refractivity contribution in [2.45, 2.75) is 47.1 Å². The standard InChI is InChI=1S/C22H26N2O6/c1-5-23-19-13-17(24(27)28)9-10-18(19)20(21(22(23)26)30-14-25)29-12-11-16(4)8-6-7-15(2)3/h7,9-11,13-14H,5-6,8,12H2,1-4H3. The molecule has 30 heavy (non-hydrogen) atoms. The van der Waals surface area contributed by atoms with E-state index in [1.807, 2.05) is 26.8 Å². The minimum absolute atomic E-state index is 0.0926. The van der Waals surface area contributed by atoms with Gasteiger partial charge in [0.15, 0.2) is 5.75 Å². The van der Waals surface area contributed by atoms with Gasteiger partial charge >= 0.3 is 0 Å². The highest BCUT2D eigenvalue weighted by Gasteiger charge is 2.21. The van der Waals surface area contributed by atoms with E-state index in [-0.39, 0.29) is 36.8 Å². The molecule has 0 fully saturated rings. The molecule has 160 valence electrons. The second-order valence-electron chi connectivity index (χ2n) is 7.06. The van der Waals surface area contributed by atoms with Crippen LogP contribution in [0.3, 0.4) is 0 Å². The van der Waals surface area contributed by atoms with Crippen molar-refractivity contribution in [2.75, 3.05) is 6.61 Å². The van der Waals surface area contributed by atoms with Crippen LogP contribution >= 0.6 is 0 Å². The number of nitro benzene ring substituents is 1. The average molecular weight is 414 g/mol. The van der Waals surface area contributed by atoms with Crippen LogP contribution in [-0.4, -0.2) is 22.6 Å². The summed E-state index contributed by atoms with van der Waals surface area (Å²) in [6.07, 6.45) is 5.84. The number of aromatic nitrogens is 1. The number of allylic oxidation sites excluding steroid dienone is 3. The van der Waals surface area contributed by atoms with Crippen LogP contribution in [0.4, 0.5) is 5.69 Å². The zero-order valence-corrected chi connectivity index (χ0v) is 17.6. The Bertz CT molecular complexity index is 1060. The minimum atomic E-state index is -0.586. The van der Waals surface area contributed by atoms with Gasteiger partial charge in [-0.2, -0.15) is 0 Å². The molecule has 0 spiro atoms. The van der Waals surface area contributed by atoms with E-state index in [0.717, 1.165) is 18.4 Å². The maximum atomic E-state index is 12.8. The number of carbonyl (C=O) groups excluding carboxylic acids is 1. The van der Waals surface area contributed by atoms with Gasteiger partial charge in [-0.15, -0.1) is 0 Å². The summed E-state index contributed by atoms with van der Waals surface area (Å²) >= 11 is 0. The SMILES string of the molecule is CCn1c(=O)c(OC=O)c(OCC=C(C)CCC=C(C)C)c2ccc([N+](=O)[O-])cc21. The maximum Gasteiger partial charge on any atom is 0.298 e. The van der Waals surface area contributed by atoms with Crippen molar-refractivity contribution < 1.29 is 19.2 Å². The van der Waals surface area contributed by atoms with Crippen LogP contribution in [0.25, 0.3) is 10.9 Å². The van der Waals surface area contributed by atoms with Crippen LogP contribution in [0.15, 0.2) is 46.3 Å². The molecule has 0 saturated heterocycles. The third-order valence-electron chi connectivity index (χ3n) is 4.61. The number of pyridine rings is 1. The highest BCUT2D eigenvalue weighted by molar-refractivity contribution is 5.90. The van der Waals surface area contributed by atoms with Crippen LogP contribution in [-0.2, 0) is 11.3 Å². The molecule has 0 amide bonds. The van der Waals surface area contributed by atoms with Gasteiger partial charge in [-0.3, -0.25) is 19.7 Å². The molecule has 8 heteroatoms. The Morgan fingerprint density at radius 1 is 1.20 bits per heavy atom. The number of benzene rings is 1. The first-order chi connectivity index (χ1) is 14.3. The molecule has 1 aromatic carbocycles. The van der Waals surface area contributed by atoms with Crippen molar-refractivity contribution >= 4 is 23.1 Å². The number of hydrogen-bond donors (Lipinski definition) is 0. The van der Waals surface area contributed by atoms with E-state index in [0.29, 0.717) is 10.9 Å². The van der Waals surface area contributed by atoms with E-state index in [1.165, 1.54) is 28.3 Å². The zero-order chi connectivity index (χ0) is 22.3. The molecule has 2 rings (SSSR count). The van der Waals surface area contributed by atoms with E-state index in [4.69, 9.17) is 9.47 Å². The first-order valence-corrected chi connectivity index (χ1v) is 9.67. The largest absolute Gasteiger partial charge is 0.485 e. The van der Waals surface area contributed by atoms with Crippen LogP contribution in [0.5, 0.6) is 11.5 Å². The van der Waals surface area contributed by atoms with Gasteiger partial charge in [-0.1, -0.05) is 17.2 Å². The van der Waals surface area contributed by atoms with E-state index in [9.17, 15) is 19.7 Å². The fourth-order valence-electron chi connectivity index (χ4n) is 3.07. The first kappa shape index (κ1) is 22.9. The van der Waals surface area contributed by atoms with E-state index in [2.05, 4.69) is 6.08 Å². The molecule has 2 aromatic rings. The number of nitrogens with zero attached hydrogens (tertiary/aromatic N) is 2. The number of rotatable bonds is 10. The molecule has 0 aliphatic rings. The number of ether oxygens (including phenoxy) is 2. The molecule has 0 aliphatic heterocycles. The number of carbonyl (C=O) groups is 1. The molecule has 0 bridgehead atoms. The summed E-state index contributed by atoms with van der Waals surface area (Å²) in [4.78, 5) is 34.4. The van der Waals surface area contributed by atoms with Gasteiger partial charge in [0.25, 0.3) is 17.7 Å². The lowest BCUT2D eigenvalue weighted by Gasteiger charge is -2.15. The summed E-state index contributed by atoms with van der Waals surface area (Å²) in [6, 6.07) is 4.14. The van der Waals surface area contributed by atoms with Crippen molar-refractivity contribution in [2.24, 2.45) is 0 Å². The smallest absolute Gasteiger partial charge is 0.298 e. The van der Waals surface area contributed by atoms with Gasteiger partial charge in [0.05, 0.1) is 10.4 Å². The molecule has 1 aromatic heterocycles. The third-order valence-corrected chi connectivity index (χ3v) is 4.61. The van der Waals surface area contributed by atoms with Gasteiger partial charge in [-0.05, 0) is 52.7 Å². The lowest BCUT2D eigenvalue weighted by atomic mass is 10.1. The minimum Gasteiger partial charge on any atom is -0.485 e. The molecular formula is C22H26N2O6. The summed E-state index contributed by atoms with van der Waals surface area (Å²) in [7, 11) is 0. The molecule has 0 radical (unpaired) electrons. The lowest BCUT2D eigenvalue weighted by Crippen LogP contribution is -2.23. The Balaban J connectivity index is 2.47. The molecule has 0 N–H and O–H groups in total. The molecule has 0 aliphatic carbocycles.